The van der Waals surface area contributed by atoms with Gasteiger partial charge >= 0.3 is 0 Å². The van der Waals surface area contributed by atoms with Gasteiger partial charge in [0.05, 0.1) is 22.6 Å². The molecule has 31 heavy (non-hydrogen) atoms. The highest BCUT2D eigenvalue weighted by atomic mass is 35.5. The summed E-state index contributed by atoms with van der Waals surface area (Å²) in [5.74, 6) is 0.909. The van der Waals surface area contributed by atoms with Crippen LogP contribution >= 0.6 is 11.6 Å². The molecule has 1 amide bonds. The van der Waals surface area contributed by atoms with E-state index in [1.54, 1.807) is 22.8 Å². The predicted octanol–water partition coefficient (Wildman–Crippen LogP) is 5.77. The van der Waals surface area contributed by atoms with E-state index in [1.165, 1.54) is 0 Å². The Morgan fingerprint density at radius 2 is 1.87 bits per heavy atom. The number of benzene rings is 2. The van der Waals surface area contributed by atoms with Crippen LogP contribution in [0.2, 0.25) is 5.02 Å². The zero-order valence-electron chi connectivity index (χ0n) is 18.6. The van der Waals surface area contributed by atoms with E-state index < -0.39 is 0 Å². The van der Waals surface area contributed by atoms with E-state index in [4.69, 9.17) is 16.6 Å². The lowest BCUT2D eigenvalue weighted by Gasteiger charge is -2.32. The second-order valence-electron chi connectivity index (χ2n) is 8.22. The van der Waals surface area contributed by atoms with Crippen molar-refractivity contribution >= 4 is 28.4 Å². The van der Waals surface area contributed by atoms with Gasteiger partial charge in [0, 0.05) is 18.0 Å². The van der Waals surface area contributed by atoms with Crippen LogP contribution in [0.25, 0.3) is 16.6 Å². The third kappa shape index (κ3) is 4.99. The first-order valence-electron chi connectivity index (χ1n) is 10.9. The van der Waals surface area contributed by atoms with E-state index in [1.807, 2.05) is 56.0 Å². The van der Waals surface area contributed by atoms with Crippen LogP contribution in [0, 0.1) is 5.92 Å². The van der Waals surface area contributed by atoms with Crippen LogP contribution in [0.1, 0.15) is 58.8 Å². The lowest BCUT2D eigenvalue weighted by atomic mass is 10.1. The van der Waals surface area contributed by atoms with Crippen LogP contribution in [0.15, 0.2) is 53.3 Å². The lowest BCUT2D eigenvalue weighted by molar-refractivity contribution is -0.134. The summed E-state index contributed by atoms with van der Waals surface area (Å²) in [7, 11) is 0. The molecular formula is C25H30ClN3O2. The number of carbonyl (C=O) groups is 1. The molecule has 0 spiro atoms. The molecule has 3 rings (SSSR count). The highest BCUT2D eigenvalue weighted by Crippen LogP contribution is 2.28. The van der Waals surface area contributed by atoms with E-state index >= 15 is 0 Å². The molecule has 3 aromatic rings. The minimum atomic E-state index is -0.317. The van der Waals surface area contributed by atoms with E-state index in [0.717, 1.165) is 6.42 Å². The Balaban J connectivity index is 2.28. The highest BCUT2D eigenvalue weighted by molar-refractivity contribution is 6.30. The molecule has 0 N–H and O–H groups in total. The summed E-state index contributed by atoms with van der Waals surface area (Å²) in [6.45, 7) is 8.78. The molecule has 1 atom stereocenters. The van der Waals surface area contributed by atoms with Crippen molar-refractivity contribution in [1.82, 2.24) is 14.5 Å². The Morgan fingerprint density at radius 1 is 1.13 bits per heavy atom. The Morgan fingerprint density at radius 3 is 2.52 bits per heavy atom. The fraction of sp³-hybridized carbons (Fsp3) is 0.400. The van der Waals surface area contributed by atoms with Gasteiger partial charge in [-0.1, -0.05) is 57.5 Å². The lowest BCUT2D eigenvalue weighted by Crippen LogP contribution is -2.39. The van der Waals surface area contributed by atoms with Crippen LogP contribution in [0.5, 0.6) is 0 Å². The molecule has 1 aromatic heterocycles. The van der Waals surface area contributed by atoms with Gasteiger partial charge in [-0.3, -0.25) is 14.2 Å². The highest BCUT2D eigenvalue weighted by Gasteiger charge is 2.28. The second kappa shape index (κ2) is 10.1. The van der Waals surface area contributed by atoms with Gasteiger partial charge in [-0.05, 0) is 49.1 Å². The van der Waals surface area contributed by atoms with Crippen molar-refractivity contribution in [2.45, 2.75) is 53.0 Å². The molecule has 0 aliphatic heterocycles. The van der Waals surface area contributed by atoms with Crippen molar-refractivity contribution < 1.29 is 4.79 Å². The van der Waals surface area contributed by atoms with E-state index in [0.29, 0.717) is 46.8 Å². The molecule has 0 bridgehead atoms. The molecule has 0 saturated heterocycles. The first kappa shape index (κ1) is 23.0. The number of hydrogen-bond acceptors (Lipinski definition) is 3. The number of carbonyl (C=O) groups excluding carboxylic acids is 1. The summed E-state index contributed by atoms with van der Waals surface area (Å²) in [6.07, 6.45) is 1.94. The maximum absolute atomic E-state index is 13.6. The van der Waals surface area contributed by atoms with Crippen molar-refractivity contribution in [2.24, 2.45) is 5.92 Å². The molecule has 0 saturated carbocycles. The predicted molar refractivity (Wildman–Crippen MR) is 127 cm³/mol. The average Bonchev–Trinajstić information content (AvgIpc) is 2.73. The maximum atomic E-state index is 13.6. The molecular weight excluding hydrogens is 410 g/mol. The SMILES string of the molecule is CCCN(C(=O)CC(C)C)C(CC)c1nc2ccccc2c(=O)n1-c1cccc(Cl)c1. The standard InChI is InChI=1S/C25H30ClN3O2/c1-5-14-28(23(30)15-17(3)4)22(6-2)24-27-21-13-8-7-12-20(21)25(31)29(24)19-11-9-10-18(26)16-19/h7-13,16-17,22H,5-6,14-15H2,1-4H3. The third-order valence-electron chi connectivity index (χ3n) is 5.30. The zero-order chi connectivity index (χ0) is 22.5. The van der Waals surface area contributed by atoms with Crippen molar-refractivity contribution in [1.29, 1.82) is 0 Å². The first-order valence-corrected chi connectivity index (χ1v) is 11.3. The van der Waals surface area contributed by atoms with Crippen molar-refractivity contribution in [3.8, 4) is 5.69 Å². The molecule has 0 radical (unpaired) electrons. The van der Waals surface area contributed by atoms with Gasteiger partial charge in [0.2, 0.25) is 5.91 Å². The quantitative estimate of drug-likeness (QED) is 0.447. The molecule has 1 heterocycles. The number of amides is 1. The van der Waals surface area contributed by atoms with Crippen molar-refractivity contribution in [3.63, 3.8) is 0 Å². The maximum Gasteiger partial charge on any atom is 0.266 e. The van der Waals surface area contributed by atoms with Crippen LogP contribution in [0.4, 0.5) is 0 Å². The molecule has 0 fully saturated rings. The number of fused-ring (bicyclic) bond motifs is 1. The molecule has 0 aliphatic carbocycles. The van der Waals surface area contributed by atoms with Gasteiger partial charge in [0.15, 0.2) is 0 Å². The first-order chi connectivity index (χ1) is 14.9. The largest absolute Gasteiger partial charge is 0.333 e. The molecule has 1 unspecified atom stereocenters. The number of hydrogen-bond donors (Lipinski definition) is 0. The number of aromatic nitrogens is 2. The Kier molecular flexibility index (Phi) is 7.50. The molecule has 0 aliphatic rings. The summed E-state index contributed by atoms with van der Waals surface area (Å²) < 4.78 is 1.62. The van der Waals surface area contributed by atoms with Gasteiger partial charge in [-0.25, -0.2) is 4.98 Å². The van der Waals surface area contributed by atoms with Gasteiger partial charge in [0.25, 0.3) is 5.56 Å². The second-order valence-corrected chi connectivity index (χ2v) is 8.65. The normalized spacial score (nSPS) is 12.3. The molecule has 5 nitrogen and oxygen atoms in total. The Hall–Kier alpha value is -2.66. The minimum Gasteiger partial charge on any atom is -0.333 e. The topological polar surface area (TPSA) is 55.2 Å². The molecule has 6 heteroatoms. The fourth-order valence-electron chi connectivity index (χ4n) is 3.94. The summed E-state index contributed by atoms with van der Waals surface area (Å²) in [6, 6.07) is 14.2. The van der Waals surface area contributed by atoms with Gasteiger partial charge < -0.3 is 4.90 Å². The Labute approximate surface area is 188 Å². The summed E-state index contributed by atoms with van der Waals surface area (Å²) >= 11 is 6.25. The summed E-state index contributed by atoms with van der Waals surface area (Å²) in [4.78, 5) is 33.5. The average molecular weight is 440 g/mol. The fourth-order valence-corrected chi connectivity index (χ4v) is 4.13. The monoisotopic (exact) mass is 439 g/mol. The number of nitrogens with zero attached hydrogens (tertiary/aromatic N) is 3. The summed E-state index contributed by atoms with van der Waals surface area (Å²) in [5, 5.41) is 1.08. The number of para-hydroxylation sites is 1. The van der Waals surface area contributed by atoms with E-state index in [2.05, 4.69) is 6.92 Å². The van der Waals surface area contributed by atoms with Gasteiger partial charge in [0.1, 0.15) is 5.82 Å². The zero-order valence-corrected chi connectivity index (χ0v) is 19.4. The number of halogens is 1. The molecule has 164 valence electrons. The van der Waals surface area contributed by atoms with Crippen LogP contribution in [-0.4, -0.2) is 26.9 Å². The Bertz CT molecular complexity index is 1120. The van der Waals surface area contributed by atoms with E-state index in [-0.39, 0.29) is 23.4 Å². The smallest absolute Gasteiger partial charge is 0.266 e. The number of rotatable bonds is 8. The van der Waals surface area contributed by atoms with E-state index in [9.17, 15) is 9.59 Å². The van der Waals surface area contributed by atoms with Gasteiger partial charge in [-0.15, -0.1) is 0 Å². The van der Waals surface area contributed by atoms with Crippen LogP contribution in [-0.2, 0) is 4.79 Å². The third-order valence-corrected chi connectivity index (χ3v) is 5.53. The van der Waals surface area contributed by atoms with Crippen LogP contribution in [0.3, 0.4) is 0 Å². The van der Waals surface area contributed by atoms with Crippen molar-refractivity contribution in [3.05, 3.63) is 69.7 Å². The summed E-state index contributed by atoms with van der Waals surface area (Å²) in [5.41, 5.74) is 1.12. The molecule has 2 aromatic carbocycles. The van der Waals surface area contributed by atoms with Gasteiger partial charge in [-0.2, -0.15) is 0 Å². The van der Waals surface area contributed by atoms with Crippen LogP contribution < -0.4 is 5.56 Å². The van der Waals surface area contributed by atoms with Crippen molar-refractivity contribution in [2.75, 3.05) is 6.54 Å². The minimum absolute atomic E-state index is 0.0868.